The second-order valence-electron chi connectivity index (χ2n) is 5.17. The van der Waals surface area contributed by atoms with Crippen LogP contribution in [0.4, 0.5) is 4.79 Å². The number of ether oxygens (including phenoxy) is 1. The lowest BCUT2D eigenvalue weighted by molar-refractivity contribution is 0.172. The van der Waals surface area contributed by atoms with Crippen molar-refractivity contribution in [1.29, 1.82) is 0 Å². The second-order valence-corrected chi connectivity index (χ2v) is 5.17. The molecule has 1 aromatic carbocycles. The summed E-state index contributed by atoms with van der Waals surface area (Å²) in [6.45, 7) is 0. The molecule has 0 unspecified atom stereocenters. The van der Waals surface area contributed by atoms with E-state index >= 15 is 0 Å². The molecule has 0 saturated heterocycles. The number of nitrogens with zero attached hydrogens (tertiary/aromatic N) is 1. The number of hydrogen-bond acceptors (Lipinski definition) is 2. The van der Waals surface area contributed by atoms with Crippen molar-refractivity contribution >= 4 is 6.09 Å². The standard InChI is InChI=1S/C15H21NO2/c1-16(2)15(17)18-14-10-8-13(9-11-14)12-6-4-3-5-7-12/h8-12H,3-7H2,1-2H3. The highest BCUT2D eigenvalue weighted by atomic mass is 16.6. The highest BCUT2D eigenvalue weighted by Gasteiger charge is 2.15. The summed E-state index contributed by atoms with van der Waals surface area (Å²) in [5.41, 5.74) is 1.37. The van der Waals surface area contributed by atoms with E-state index in [4.69, 9.17) is 4.74 Å². The molecule has 0 bridgehead atoms. The lowest BCUT2D eigenvalue weighted by Gasteiger charge is -2.22. The van der Waals surface area contributed by atoms with Gasteiger partial charge < -0.3 is 9.64 Å². The van der Waals surface area contributed by atoms with Gasteiger partial charge in [0.2, 0.25) is 0 Å². The van der Waals surface area contributed by atoms with Gasteiger partial charge in [-0.05, 0) is 36.5 Å². The van der Waals surface area contributed by atoms with Crippen LogP contribution in [0.1, 0.15) is 43.6 Å². The van der Waals surface area contributed by atoms with E-state index in [2.05, 4.69) is 12.1 Å². The summed E-state index contributed by atoms with van der Waals surface area (Å²) < 4.78 is 5.21. The van der Waals surface area contributed by atoms with E-state index in [1.54, 1.807) is 14.1 Å². The van der Waals surface area contributed by atoms with Gasteiger partial charge in [-0.25, -0.2) is 4.79 Å². The Morgan fingerprint density at radius 2 is 1.72 bits per heavy atom. The smallest absolute Gasteiger partial charge is 0.410 e. The molecule has 98 valence electrons. The normalized spacial score (nSPS) is 16.3. The van der Waals surface area contributed by atoms with Crippen LogP contribution in [0, 0.1) is 0 Å². The predicted octanol–water partition coefficient (Wildman–Crippen LogP) is 3.79. The van der Waals surface area contributed by atoms with Crippen molar-refractivity contribution in [2.75, 3.05) is 14.1 Å². The lowest BCUT2D eigenvalue weighted by atomic mass is 9.84. The minimum Gasteiger partial charge on any atom is -0.410 e. The molecule has 0 atom stereocenters. The monoisotopic (exact) mass is 247 g/mol. The molecule has 0 spiro atoms. The molecule has 0 radical (unpaired) electrons. The molecule has 0 N–H and O–H groups in total. The molecule has 0 aromatic heterocycles. The molecular formula is C15H21NO2. The summed E-state index contributed by atoms with van der Waals surface area (Å²) in [4.78, 5) is 12.8. The van der Waals surface area contributed by atoms with Gasteiger partial charge in [0.1, 0.15) is 5.75 Å². The third-order valence-corrected chi connectivity index (χ3v) is 3.53. The highest BCUT2D eigenvalue weighted by Crippen LogP contribution is 2.33. The van der Waals surface area contributed by atoms with Crippen LogP contribution in [0.3, 0.4) is 0 Å². The van der Waals surface area contributed by atoms with E-state index in [-0.39, 0.29) is 6.09 Å². The van der Waals surface area contributed by atoms with Crippen molar-refractivity contribution in [1.82, 2.24) is 4.90 Å². The lowest BCUT2D eigenvalue weighted by Crippen LogP contribution is -2.25. The van der Waals surface area contributed by atoms with E-state index in [1.165, 1.54) is 42.6 Å². The first-order valence-electron chi connectivity index (χ1n) is 6.66. The van der Waals surface area contributed by atoms with Gasteiger partial charge in [-0.3, -0.25) is 0 Å². The van der Waals surface area contributed by atoms with E-state index < -0.39 is 0 Å². The molecule has 2 rings (SSSR count). The minimum atomic E-state index is -0.333. The van der Waals surface area contributed by atoms with Gasteiger partial charge in [0.05, 0.1) is 0 Å². The molecular weight excluding hydrogens is 226 g/mol. The number of rotatable bonds is 2. The second kappa shape index (κ2) is 5.89. The fraction of sp³-hybridized carbons (Fsp3) is 0.533. The maximum atomic E-state index is 11.4. The van der Waals surface area contributed by atoms with E-state index in [9.17, 15) is 4.79 Å². The van der Waals surface area contributed by atoms with Crippen LogP contribution in [0.5, 0.6) is 5.75 Å². The fourth-order valence-electron chi connectivity index (χ4n) is 2.44. The highest BCUT2D eigenvalue weighted by molar-refractivity contribution is 5.69. The Balaban J connectivity index is 1.98. The zero-order chi connectivity index (χ0) is 13.0. The summed E-state index contributed by atoms with van der Waals surface area (Å²) in [5, 5.41) is 0. The Morgan fingerprint density at radius 1 is 1.11 bits per heavy atom. The summed E-state index contributed by atoms with van der Waals surface area (Å²) in [6.07, 6.45) is 6.28. The maximum absolute atomic E-state index is 11.4. The van der Waals surface area contributed by atoms with Gasteiger partial charge in [0.15, 0.2) is 0 Å². The Hall–Kier alpha value is -1.51. The van der Waals surface area contributed by atoms with Crippen LogP contribution in [0.15, 0.2) is 24.3 Å². The number of carbonyl (C=O) groups excluding carboxylic acids is 1. The zero-order valence-electron chi connectivity index (χ0n) is 11.2. The Bertz CT molecular complexity index is 391. The van der Waals surface area contributed by atoms with Crippen LogP contribution in [0.25, 0.3) is 0 Å². The van der Waals surface area contributed by atoms with Crippen molar-refractivity contribution in [3.05, 3.63) is 29.8 Å². The van der Waals surface area contributed by atoms with Gasteiger partial charge in [0, 0.05) is 14.1 Å². The fourth-order valence-corrected chi connectivity index (χ4v) is 2.44. The Kier molecular flexibility index (Phi) is 4.24. The summed E-state index contributed by atoms with van der Waals surface area (Å²) >= 11 is 0. The largest absolute Gasteiger partial charge is 0.414 e. The van der Waals surface area contributed by atoms with Crippen molar-refractivity contribution in [3.63, 3.8) is 0 Å². The Morgan fingerprint density at radius 3 is 2.28 bits per heavy atom. The van der Waals surface area contributed by atoms with Crippen LogP contribution < -0.4 is 4.74 Å². The van der Waals surface area contributed by atoms with Gasteiger partial charge in [-0.2, -0.15) is 0 Å². The van der Waals surface area contributed by atoms with Gasteiger partial charge >= 0.3 is 6.09 Å². The number of carbonyl (C=O) groups is 1. The van der Waals surface area contributed by atoms with Crippen molar-refractivity contribution in [2.24, 2.45) is 0 Å². The SMILES string of the molecule is CN(C)C(=O)Oc1ccc(C2CCCCC2)cc1. The van der Waals surface area contributed by atoms with Crippen molar-refractivity contribution in [3.8, 4) is 5.75 Å². The van der Waals surface area contributed by atoms with Crippen LogP contribution in [-0.2, 0) is 0 Å². The third kappa shape index (κ3) is 3.25. The molecule has 3 nitrogen and oxygen atoms in total. The van der Waals surface area contributed by atoms with Gasteiger partial charge in [0.25, 0.3) is 0 Å². The molecule has 1 fully saturated rings. The molecule has 0 heterocycles. The van der Waals surface area contributed by atoms with E-state index in [0.717, 1.165) is 0 Å². The molecule has 1 amide bonds. The topological polar surface area (TPSA) is 29.5 Å². The first-order chi connectivity index (χ1) is 8.66. The van der Waals surface area contributed by atoms with Gasteiger partial charge in [-0.15, -0.1) is 0 Å². The number of benzene rings is 1. The third-order valence-electron chi connectivity index (χ3n) is 3.53. The van der Waals surface area contributed by atoms with E-state index in [1.807, 2.05) is 12.1 Å². The van der Waals surface area contributed by atoms with Crippen LogP contribution in [0.2, 0.25) is 0 Å². The molecule has 1 aliphatic rings. The number of hydrogen-bond donors (Lipinski definition) is 0. The molecule has 3 heteroatoms. The summed E-state index contributed by atoms with van der Waals surface area (Å²) in [6, 6.07) is 7.97. The van der Waals surface area contributed by atoms with Crippen molar-refractivity contribution < 1.29 is 9.53 Å². The Labute approximate surface area is 109 Å². The average molecular weight is 247 g/mol. The number of amides is 1. The predicted molar refractivity (Wildman–Crippen MR) is 72.0 cm³/mol. The summed E-state index contributed by atoms with van der Waals surface area (Å²) in [7, 11) is 3.36. The summed E-state index contributed by atoms with van der Waals surface area (Å²) in [5.74, 6) is 1.31. The first-order valence-corrected chi connectivity index (χ1v) is 6.66. The molecule has 1 aromatic rings. The quantitative estimate of drug-likeness (QED) is 0.795. The molecule has 18 heavy (non-hydrogen) atoms. The maximum Gasteiger partial charge on any atom is 0.414 e. The first kappa shape index (κ1) is 12.9. The molecule has 1 saturated carbocycles. The van der Waals surface area contributed by atoms with Crippen molar-refractivity contribution in [2.45, 2.75) is 38.0 Å². The van der Waals surface area contributed by atoms with E-state index in [0.29, 0.717) is 11.7 Å². The van der Waals surface area contributed by atoms with Gasteiger partial charge in [-0.1, -0.05) is 31.4 Å². The minimum absolute atomic E-state index is 0.333. The average Bonchev–Trinajstić information content (AvgIpc) is 2.40. The molecule has 1 aliphatic carbocycles. The van der Waals surface area contributed by atoms with Crippen LogP contribution in [-0.4, -0.2) is 25.1 Å². The molecule has 0 aliphatic heterocycles. The zero-order valence-corrected chi connectivity index (χ0v) is 11.2. The van der Waals surface area contributed by atoms with Crippen LogP contribution >= 0.6 is 0 Å².